The highest BCUT2D eigenvalue weighted by Crippen LogP contribution is 2.23. The molecule has 3 rings (SSSR count). The topological polar surface area (TPSA) is 99.9 Å². The van der Waals surface area contributed by atoms with E-state index >= 15 is 0 Å². The van der Waals surface area contributed by atoms with Crippen molar-refractivity contribution in [3.05, 3.63) is 72.1 Å². The molecule has 0 radical (unpaired) electrons. The fraction of sp³-hybridized carbons (Fsp3) is 0.0526. The van der Waals surface area contributed by atoms with Crippen LogP contribution in [0.4, 0.5) is 17.3 Å². The van der Waals surface area contributed by atoms with Crippen LogP contribution in [0, 0.1) is 11.3 Å². The summed E-state index contributed by atoms with van der Waals surface area (Å²) in [5.74, 6) is 0.508. The Labute approximate surface area is 150 Å². The van der Waals surface area contributed by atoms with Gasteiger partial charge in [-0.2, -0.15) is 5.26 Å². The van der Waals surface area contributed by atoms with Gasteiger partial charge in [0.15, 0.2) is 0 Å². The number of hydrogen-bond donors (Lipinski definition) is 2. The van der Waals surface area contributed by atoms with Gasteiger partial charge in [-0.1, -0.05) is 24.3 Å². The number of ether oxygens (including phenoxy) is 1. The van der Waals surface area contributed by atoms with E-state index in [1.165, 1.54) is 19.5 Å². The van der Waals surface area contributed by atoms with Gasteiger partial charge in [-0.25, -0.2) is 9.97 Å². The number of carbonyl (C=O) groups is 1. The van der Waals surface area contributed by atoms with Crippen LogP contribution in [0.5, 0.6) is 5.75 Å². The van der Waals surface area contributed by atoms with Gasteiger partial charge in [0, 0.05) is 12.4 Å². The van der Waals surface area contributed by atoms with Crippen LogP contribution in [-0.4, -0.2) is 23.0 Å². The fourth-order valence-electron chi connectivity index (χ4n) is 2.26. The molecule has 1 heterocycles. The van der Waals surface area contributed by atoms with E-state index < -0.39 is 0 Å². The molecule has 1 aromatic heterocycles. The maximum absolute atomic E-state index is 12.3. The standard InChI is InChI=1S/C19H15N5O2/c1-26-17-9-5-4-8-16(17)23-18(25)14-11-21-19(22-12-14)24-15-7-3-2-6-13(15)10-20/h2-9,11-12H,1H3,(H,23,25)(H,21,22,24). The van der Waals surface area contributed by atoms with E-state index in [1.807, 2.05) is 6.07 Å². The number of anilines is 3. The van der Waals surface area contributed by atoms with E-state index in [4.69, 9.17) is 10.00 Å². The largest absolute Gasteiger partial charge is 0.495 e. The third kappa shape index (κ3) is 3.76. The summed E-state index contributed by atoms with van der Waals surface area (Å²) in [6.07, 6.45) is 2.82. The van der Waals surface area contributed by atoms with Gasteiger partial charge in [-0.3, -0.25) is 4.79 Å². The van der Waals surface area contributed by atoms with Crippen molar-refractivity contribution in [3.8, 4) is 11.8 Å². The number of para-hydroxylation sites is 3. The van der Waals surface area contributed by atoms with E-state index in [9.17, 15) is 4.79 Å². The quantitative estimate of drug-likeness (QED) is 0.735. The van der Waals surface area contributed by atoms with Crippen molar-refractivity contribution < 1.29 is 9.53 Å². The van der Waals surface area contributed by atoms with Gasteiger partial charge >= 0.3 is 0 Å². The summed E-state index contributed by atoms with van der Waals surface area (Å²) in [4.78, 5) is 20.6. The predicted octanol–water partition coefficient (Wildman–Crippen LogP) is 3.35. The molecule has 7 nitrogen and oxygen atoms in total. The Kier molecular flexibility index (Phi) is 5.05. The molecule has 7 heteroatoms. The summed E-state index contributed by atoms with van der Waals surface area (Å²) in [5, 5.41) is 14.8. The Balaban J connectivity index is 1.73. The lowest BCUT2D eigenvalue weighted by atomic mass is 10.2. The number of nitrogens with one attached hydrogen (secondary N) is 2. The van der Waals surface area contributed by atoms with Gasteiger partial charge < -0.3 is 15.4 Å². The molecular weight excluding hydrogens is 330 g/mol. The van der Waals surface area contributed by atoms with E-state index in [-0.39, 0.29) is 5.91 Å². The molecule has 0 bridgehead atoms. The van der Waals surface area contributed by atoms with Crippen LogP contribution in [0.1, 0.15) is 15.9 Å². The molecular formula is C19H15N5O2. The minimum atomic E-state index is -0.349. The first kappa shape index (κ1) is 16.9. The highest BCUT2D eigenvalue weighted by molar-refractivity contribution is 6.04. The molecule has 3 aromatic rings. The molecule has 0 saturated heterocycles. The van der Waals surface area contributed by atoms with Gasteiger partial charge in [0.1, 0.15) is 11.8 Å². The Hall–Kier alpha value is -3.92. The van der Waals surface area contributed by atoms with Crippen LogP contribution in [0.25, 0.3) is 0 Å². The number of methoxy groups -OCH3 is 1. The fourth-order valence-corrected chi connectivity index (χ4v) is 2.26. The van der Waals surface area contributed by atoms with Crippen molar-refractivity contribution in [1.82, 2.24) is 9.97 Å². The zero-order chi connectivity index (χ0) is 18.4. The van der Waals surface area contributed by atoms with Crippen molar-refractivity contribution >= 4 is 23.2 Å². The predicted molar refractivity (Wildman–Crippen MR) is 97.4 cm³/mol. The minimum Gasteiger partial charge on any atom is -0.495 e. The molecule has 1 amide bonds. The molecule has 0 aliphatic rings. The summed E-state index contributed by atoms with van der Waals surface area (Å²) in [6.45, 7) is 0. The van der Waals surface area contributed by atoms with Crippen molar-refractivity contribution in [2.75, 3.05) is 17.7 Å². The van der Waals surface area contributed by atoms with Crippen LogP contribution in [0.15, 0.2) is 60.9 Å². The molecule has 0 unspecified atom stereocenters. The van der Waals surface area contributed by atoms with Gasteiger partial charge in [0.25, 0.3) is 5.91 Å². The van der Waals surface area contributed by atoms with Crippen LogP contribution >= 0.6 is 0 Å². The minimum absolute atomic E-state index is 0.293. The van der Waals surface area contributed by atoms with Crippen LogP contribution in [0.2, 0.25) is 0 Å². The lowest BCUT2D eigenvalue weighted by molar-refractivity contribution is 0.102. The molecule has 0 aliphatic heterocycles. The molecule has 128 valence electrons. The Bertz CT molecular complexity index is 964. The maximum atomic E-state index is 12.3. The first-order valence-corrected chi connectivity index (χ1v) is 7.74. The summed E-state index contributed by atoms with van der Waals surface area (Å²) in [6, 6.07) is 16.2. The number of amides is 1. The van der Waals surface area contributed by atoms with Crippen LogP contribution in [-0.2, 0) is 0 Å². The number of nitrogens with zero attached hydrogens (tertiary/aromatic N) is 3. The zero-order valence-corrected chi connectivity index (χ0v) is 13.9. The average Bonchev–Trinajstić information content (AvgIpc) is 2.69. The molecule has 0 atom stereocenters. The monoisotopic (exact) mass is 345 g/mol. The molecule has 0 saturated carbocycles. The third-order valence-electron chi connectivity index (χ3n) is 3.56. The molecule has 0 fully saturated rings. The highest BCUT2D eigenvalue weighted by atomic mass is 16.5. The Morgan fingerprint density at radius 2 is 1.69 bits per heavy atom. The summed E-state index contributed by atoms with van der Waals surface area (Å²) in [7, 11) is 1.54. The van der Waals surface area contributed by atoms with E-state index in [0.29, 0.717) is 34.2 Å². The summed E-state index contributed by atoms with van der Waals surface area (Å²) < 4.78 is 5.21. The van der Waals surface area contributed by atoms with E-state index in [2.05, 4.69) is 26.7 Å². The normalized spacial score (nSPS) is 9.85. The second-order valence-corrected chi connectivity index (χ2v) is 5.23. The average molecular weight is 345 g/mol. The first-order valence-electron chi connectivity index (χ1n) is 7.74. The highest BCUT2D eigenvalue weighted by Gasteiger charge is 2.11. The van der Waals surface area contributed by atoms with Crippen LogP contribution < -0.4 is 15.4 Å². The van der Waals surface area contributed by atoms with Crippen molar-refractivity contribution in [3.63, 3.8) is 0 Å². The first-order chi connectivity index (χ1) is 12.7. The smallest absolute Gasteiger partial charge is 0.258 e. The zero-order valence-electron chi connectivity index (χ0n) is 13.9. The van der Waals surface area contributed by atoms with Gasteiger partial charge in [0.05, 0.1) is 29.6 Å². The Morgan fingerprint density at radius 1 is 1.04 bits per heavy atom. The number of benzene rings is 2. The van der Waals surface area contributed by atoms with Gasteiger partial charge in [-0.05, 0) is 24.3 Å². The Morgan fingerprint density at radius 3 is 2.38 bits per heavy atom. The van der Waals surface area contributed by atoms with Crippen molar-refractivity contribution in [1.29, 1.82) is 5.26 Å². The van der Waals surface area contributed by atoms with E-state index in [1.54, 1.807) is 42.5 Å². The molecule has 2 aromatic carbocycles. The number of rotatable bonds is 5. The SMILES string of the molecule is COc1ccccc1NC(=O)c1cnc(Nc2ccccc2C#N)nc1. The second kappa shape index (κ2) is 7.77. The van der Waals surface area contributed by atoms with Crippen molar-refractivity contribution in [2.45, 2.75) is 0 Å². The molecule has 26 heavy (non-hydrogen) atoms. The number of nitriles is 1. The third-order valence-corrected chi connectivity index (χ3v) is 3.56. The molecule has 0 spiro atoms. The van der Waals surface area contributed by atoms with Gasteiger partial charge in [0.2, 0.25) is 5.95 Å². The van der Waals surface area contributed by atoms with Crippen molar-refractivity contribution in [2.24, 2.45) is 0 Å². The van der Waals surface area contributed by atoms with Crippen LogP contribution in [0.3, 0.4) is 0 Å². The van der Waals surface area contributed by atoms with E-state index in [0.717, 1.165) is 0 Å². The lowest BCUT2D eigenvalue weighted by Crippen LogP contribution is -2.13. The summed E-state index contributed by atoms with van der Waals surface area (Å²) in [5.41, 5.74) is 1.94. The number of carbonyl (C=O) groups excluding carboxylic acids is 1. The maximum Gasteiger partial charge on any atom is 0.258 e. The number of hydrogen-bond acceptors (Lipinski definition) is 6. The second-order valence-electron chi connectivity index (χ2n) is 5.23. The van der Waals surface area contributed by atoms with Gasteiger partial charge in [-0.15, -0.1) is 0 Å². The summed E-state index contributed by atoms with van der Waals surface area (Å²) >= 11 is 0. The molecule has 0 aliphatic carbocycles. The lowest BCUT2D eigenvalue weighted by Gasteiger charge is -2.10. The number of aromatic nitrogens is 2. The molecule has 2 N–H and O–H groups in total.